The number of furan rings is 1. The quantitative estimate of drug-likeness (QED) is 0.784. The molecule has 0 aliphatic rings. The normalized spacial score (nSPS) is 12.5. The molecule has 0 bridgehead atoms. The first-order valence-electron chi connectivity index (χ1n) is 6.55. The predicted octanol–water partition coefficient (Wildman–Crippen LogP) is 3.72. The van der Waals surface area contributed by atoms with Crippen LogP contribution in [0.1, 0.15) is 17.4 Å². The fourth-order valence-corrected chi connectivity index (χ4v) is 2.49. The van der Waals surface area contributed by atoms with Crippen LogP contribution >= 0.6 is 0 Å². The molecule has 0 aliphatic carbocycles. The van der Waals surface area contributed by atoms with E-state index >= 15 is 0 Å². The molecule has 0 saturated heterocycles. The summed E-state index contributed by atoms with van der Waals surface area (Å²) in [5.41, 5.74) is 0.887. The molecule has 1 heterocycles. The molecular weight excluding hydrogens is 252 g/mol. The maximum atomic E-state index is 10.5. The van der Waals surface area contributed by atoms with Crippen LogP contribution in [0, 0.1) is 0 Å². The number of hydrogen-bond donors (Lipinski definition) is 1. The molecule has 1 N–H and O–H groups in total. The van der Waals surface area contributed by atoms with Gasteiger partial charge in [0.2, 0.25) is 0 Å². The van der Waals surface area contributed by atoms with Crippen molar-refractivity contribution in [3.05, 3.63) is 66.1 Å². The van der Waals surface area contributed by atoms with Crippen molar-refractivity contribution >= 4 is 10.8 Å². The Kier molecular flexibility index (Phi) is 3.44. The van der Waals surface area contributed by atoms with E-state index < -0.39 is 6.10 Å². The number of rotatable bonds is 4. The third kappa shape index (κ3) is 2.28. The van der Waals surface area contributed by atoms with E-state index in [9.17, 15) is 5.11 Å². The minimum Gasteiger partial charge on any atom is -0.496 e. The van der Waals surface area contributed by atoms with E-state index in [0.29, 0.717) is 6.42 Å². The smallest absolute Gasteiger partial charge is 0.126 e. The van der Waals surface area contributed by atoms with E-state index in [2.05, 4.69) is 0 Å². The first-order chi connectivity index (χ1) is 9.79. The highest BCUT2D eigenvalue weighted by Crippen LogP contribution is 2.32. The van der Waals surface area contributed by atoms with E-state index in [1.54, 1.807) is 13.4 Å². The van der Waals surface area contributed by atoms with Crippen LogP contribution in [0.4, 0.5) is 0 Å². The number of ether oxygens (including phenoxy) is 1. The molecular formula is C17H16O3. The topological polar surface area (TPSA) is 42.6 Å². The summed E-state index contributed by atoms with van der Waals surface area (Å²) in [5.74, 6) is 1.59. The first kappa shape index (κ1) is 12.8. The van der Waals surface area contributed by atoms with Gasteiger partial charge >= 0.3 is 0 Å². The monoisotopic (exact) mass is 268 g/mol. The number of methoxy groups -OCH3 is 1. The Hall–Kier alpha value is -2.26. The lowest BCUT2D eigenvalue weighted by molar-refractivity contribution is 0.172. The lowest BCUT2D eigenvalue weighted by Crippen LogP contribution is -2.02. The molecule has 1 unspecified atom stereocenters. The van der Waals surface area contributed by atoms with Gasteiger partial charge in [0.15, 0.2) is 0 Å². The van der Waals surface area contributed by atoms with Crippen LogP contribution in [0.3, 0.4) is 0 Å². The molecule has 1 aromatic heterocycles. The van der Waals surface area contributed by atoms with Crippen LogP contribution in [0.25, 0.3) is 10.8 Å². The molecule has 0 amide bonds. The molecule has 3 heteroatoms. The Morgan fingerprint density at radius 2 is 1.85 bits per heavy atom. The van der Waals surface area contributed by atoms with Gasteiger partial charge in [-0.15, -0.1) is 0 Å². The molecule has 0 aliphatic heterocycles. The van der Waals surface area contributed by atoms with Gasteiger partial charge < -0.3 is 14.3 Å². The molecule has 0 spiro atoms. The second kappa shape index (κ2) is 5.39. The van der Waals surface area contributed by atoms with Gasteiger partial charge in [-0.05, 0) is 29.1 Å². The molecule has 102 valence electrons. The van der Waals surface area contributed by atoms with E-state index in [1.807, 2.05) is 48.5 Å². The standard InChI is InChI=1S/C17H16O3/c1-19-17-9-8-14(13-6-2-3-7-15(13)17)16(18)11-12-5-4-10-20-12/h2-10,16,18H,11H2,1H3. The van der Waals surface area contributed by atoms with E-state index in [1.165, 1.54) is 0 Å². The first-order valence-corrected chi connectivity index (χ1v) is 6.55. The summed E-state index contributed by atoms with van der Waals surface area (Å²) in [6.45, 7) is 0. The molecule has 1 atom stereocenters. The molecule has 20 heavy (non-hydrogen) atoms. The summed E-state index contributed by atoms with van der Waals surface area (Å²) in [6.07, 6.45) is 1.48. The third-order valence-corrected chi connectivity index (χ3v) is 3.47. The highest BCUT2D eigenvalue weighted by molar-refractivity contribution is 5.91. The predicted molar refractivity (Wildman–Crippen MR) is 77.9 cm³/mol. The minimum atomic E-state index is -0.600. The van der Waals surface area contributed by atoms with Crippen LogP contribution < -0.4 is 4.74 Å². The van der Waals surface area contributed by atoms with Gasteiger partial charge in [-0.3, -0.25) is 0 Å². The van der Waals surface area contributed by atoms with Crippen molar-refractivity contribution in [3.8, 4) is 5.75 Å². The Bertz CT molecular complexity index is 701. The minimum absolute atomic E-state index is 0.462. The average Bonchev–Trinajstić information content (AvgIpc) is 2.99. The fourth-order valence-electron chi connectivity index (χ4n) is 2.49. The van der Waals surface area contributed by atoms with Gasteiger partial charge in [0.05, 0.1) is 19.5 Å². The largest absolute Gasteiger partial charge is 0.496 e. The zero-order valence-corrected chi connectivity index (χ0v) is 11.2. The second-order valence-electron chi connectivity index (χ2n) is 4.70. The van der Waals surface area contributed by atoms with Crippen molar-refractivity contribution in [2.24, 2.45) is 0 Å². The van der Waals surface area contributed by atoms with Gasteiger partial charge in [-0.1, -0.05) is 30.3 Å². The zero-order chi connectivity index (χ0) is 13.9. The lowest BCUT2D eigenvalue weighted by Gasteiger charge is -2.14. The summed E-state index contributed by atoms with van der Waals surface area (Å²) < 4.78 is 10.7. The van der Waals surface area contributed by atoms with Crippen molar-refractivity contribution in [1.29, 1.82) is 0 Å². The molecule has 2 aromatic carbocycles. The highest BCUT2D eigenvalue weighted by atomic mass is 16.5. The summed E-state index contributed by atoms with van der Waals surface area (Å²) in [6, 6.07) is 15.4. The molecule has 0 saturated carbocycles. The van der Waals surface area contributed by atoms with Crippen LogP contribution in [0.15, 0.2) is 59.2 Å². The van der Waals surface area contributed by atoms with Crippen LogP contribution in [-0.4, -0.2) is 12.2 Å². The fraction of sp³-hybridized carbons (Fsp3) is 0.176. The number of benzene rings is 2. The Morgan fingerprint density at radius 1 is 1.05 bits per heavy atom. The summed E-state index contributed by atoms with van der Waals surface area (Å²) >= 11 is 0. The lowest BCUT2D eigenvalue weighted by atomic mass is 9.97. The Labute approximate surface area is 117 Å². The third-order valence-electron chi connectivity index (χ3n) is 3.47. The number of fused-ring (bicyclic) bond motifs is 1. The van der Waals surface area contributed by atoms with Gasteiger partial charge in [0.25, 0.3) is 0 Å². The van der Waals surface area contributed by atoms with Crippen molar-refractivity contribution in [1.82, 2.24) is 0 Å². The summed E-state index contributed by atoms with van der Waals surface area (Å²) in [5, 5.41) is 12.5. The zero-order valence-electron chi connectivity index (χ0n) is 11.2. The maximum Gasteiger partial charge on any atom is 0.126 e. The SMILES string of the molecule is COc1ccc(C(O)Cc2ccco2)c2ccccc12. The van der Waals surface area contributed by atoms with E-state index in [0.717, 1.165) is 27.8 Å². The van der Waals surface area contributed by atoms with E-state index in [-0.39, 0.29) is 0 Å². The Balaban J connectivity index is 2.03. The van der Waals surface area contributed by atoms with Crippen LogP contribution in [0.2, 0.25) is 0 Å². The van der Waals surface area contributed by atoms with Crippen molar-refractivity contribution < 1.29 is 14.3 Å². The number of aliphatic hydroxyl groups is 1. The molecule has 0 fully saturated rings. The second-order valence-corrected chi connectivity index (χ2v) is 4.70. The van der Waals surface area contributed by atoms with Gasteiger partial charge in [0, 0.05) is 11.8 Å². The van der Waals surface area contributed by atoms with Crippen molar-refractivity contribution in [2.45, 2.75) is 12.5 Å². The van der Waals surface area contributed by atoms with E-state index in [4.69, 9.17) is 9.15 Å². The maximum absolute atomic E-state index is 10.5. The van der Waals surface area contributed by atoms with Gasteiger partial charge in [-0.2, -0.15) is 0 Å². The van der Waals surface area contributed by atoms with Crippen LogP contribution in [0.5, 0.6) is 5.75 Å². The van der Waals surface area contributed by atoms with Gasteiger partial charge in [-0.25, -0.2) is 0 Å². The van der Waals surface area contributed by atoms with Crippen LogP contribution in [-0.2, 0) is 6.42 Å². The number of aliphatic hydroxyl groups excluding tert-OH is 1. The summed E-state index contributed by atoms with van der Waals surface area (Å²) in [4.78, 5) is 0. The van der Waals surface area contributed by atoms with Crippen molar-refractivity contribution in [2.75, 3.05) is 7.11 Å². The highest BCUT2D eigenvalue weighted by Gasteiger charge is 2.15. The number of hydrogen-bond acceptors (Lipinski definition) is 3. The Morgan fingerprint density at radius 3 is 2.55 bits per heavy atom. The molecule has 3 aromatic rings. The average molecular weight is 268 g/mol. The summed E-state index contributed by atoms with van der Waals surface area (Å²) in [7, 11) is 1.65. The van der Waals surface area contributed by atoms with Crippen molar-refractivity contribution in [3.63, 3.8) is 0 Å². The molecule has 0 radical (unpaired) electrons. The molecule has 3 nitrogen and oxygen atoms in total. The molecule has 3 rings (SSSR count). The van der Waals surface area contributed by atoms with Gasteiger partial charge in [0.1, 0.15) is 11.5 Å².